The lowest BCUT2D eigenvalue weighted by molar-refractivity contribution is 0.283. The monoisotopic (exact) mass is 346 g/mol. The molecule has 0 radical (unpaired) electrons. The average molecular weight is 347 g/mol. The van der Waals surface area contributed by atoms with E-state index in [-0.39, 0.29) is 0 Å². The van der Waals surface area contributed by atoms with Gasteiger partial charge in [-0.25, -0.2) is 4.98 Å². The maximum atomic E-state index is 6.01. The van der Waals surface area contributed by atoms with Crippen LogP contribution in [0.15, 0.2) is 59.1 Å². The van der Waals surface area contributed by atoms with Crippen molar-refractivity contribution in [3.8, 4) is 11.3 Å². The van der Waals surface area contributed by atoms with E-state index in [9.17, 15) is 0 Å². The summed E-state index contributed by atoms with van der Waals surface area (Å²) in [6.07, 6.45) is 1.73. The minimum absolute atomic E-state index is 0.628. The highest BCUT2D eigenvalue weighted by Crippen LogP contribution is 2.24. The van der Waals surface area contributed by atoms with Gasteiger partial charge in [0, 0.05) is 22.2 Å². The molecule has 0 atom stereocenters. The molecular formula is C18H16Cl2N2O. The number of rotatable bonds is 5. The van der Waals surface area contributed by atoms with Crippen molar-refractivity contribution in [3.63, 3.8) is 0 Å². The van der Waals surface area contributed by atoms with E-state index in [2.05, 4.69) is 9.88 Å². The van der Waals surface area contributed by atoms with Crippen molar-refractivity contribution in [3.05, 3.63) is 76.2 Å². The third-order valence-electron chi connectivity index (χ3n) is 3.43. The Labute approximate surface area is 145 Å². The van der Waals surface area contributed by atoms with E-state index in [1.165, 1.54) is 5.56 Å². The molecule has 1 heterocycles. The van der Waals surface area contributed by atoms with Gasteiger partial charge in [0.15, 0.2) is 5.76 Å². The molecule has 2 aromatic carbocycles. The first-order chi connectivity index (χ1) is 11.1. The average Bonchev–Trinajstić information content (AvgIpc) is 2.98. The van der Waals surface area contributed by atoms with Crippen molar-refractivity contribution >= 4 is 23.2 Å². The van der Waals surface area contributed by atoms with E-state index >= 15 is 0 Å². The molecule has 0 spiro atoms. The number of benzene rings is 2. The van der Waals surface area contributed by atoms with Crippen molar-refractivity contribution in [1.29, 1.82) is 0 Å². The number of hydrogen-bond donors (Lipinski definition) is 0. The Morgan fingerprint density at radius 1 is 1.00 bits per heavy atom. The Morgan fingerprint density at radius 2 is 1.78 bits per heavy atom. The molecule has 0 amide bonds. The van der Waals surface area contributed by atoms with E-state index in [1.54, 1.807) is 6.20 Å². The lowest BCUT2D eigenvalue weighted by Crippen LogP contribution is -2.17. The zero-order valence-electron chi connectivity index (χ0n) is 12.7. The third kappa shape index (κ3) is 4.35. The predicted molar refractivity (Wildman–Crippen MR) is 93.6 cm³/mol. The molecule has 3 nitrogen and oxygen atoms in total. The van der Waals surface area contributed by atoms with E-state index in [0.29, 0.717) is 17.5 Å². The second-order valence-electron chi connectivity index (χ2n) is 5.43. The van der Waals surface area contributed by atoms with Crippen LogP contribution < -0.4 is 0 Å². The Balaban J connectivity index is 1.65. The van der Waals surface area contributed by atoms with E-state index < -0.39 is 0 Å². The van der Waals surface area contributed by atoms with Crippen LogP contribution >= 0.6 is 23.2 Å². The van der Waals surface area contributed by atoms with Crippen LogP contribution in [0.3, 0.4) is 0 Å². The molecule has 0 aliphatic rings. The van der Waals surface area contributed by atoms with Crippen LogP contribution in [-0.2, 0) is 13.1 Å². The van der Waals surface area contributed by atoms with Crippen LogP contribution in [0.25, 0.3) is 11.3 Å². The van der Waals surface area contributed by atoms with Crippen LogP contribution in [0.1, 0.15) is 11.5 Å². The SMILES string of the molecule is CN(Cc1ccc(Cl)cc1)Cc1ncc(-c2cccc(Cl)c2)o1. The topological polar surface area (TPSA) is 29.3 Å². The van der Waals surface area contributed by atoms with Crippen LogP contribution in [0.4, 0.5) is 0 Å². The van der Waals surface area contributed by atoms with Crippen molar-refractivity contribution in [2.24, 2.45) is 0 Å². The van der Waals surface area contributed by atoms with E-state index in [0.717, 1.165) is 22.9 Å². The van der Waals surface area contributed by atoms with Crippen molar-refractivity contribution in [1.82, 2.24) is 9.88 Å². The molecule has 0 saturated heterocycles. The van der Waals surface area contributed by atoms with Crippen LogP contribution in [0.5, 0.6) is 0 Å². The molecule has 0 unspecified atom stereocenters. The van der Waals surface area contributed by atoms with Gasteiger partial charge in [-0.15, -0.1) is 0 Å². The number of hydrogen-bond acceptors (Lipinski definition) is 3. The van der Waals surface area contributed by atoms with Gasteiger partial charge in [0.1, 0.15) is 0 Å². The largest absolute Gasteiger partial charge is 0.439 e. The fourth-order valence-corrected chi connectivity index (χ4v) is 2.66. The Kier molecular flexibility index (Phi) is 5.01. The number of oxazole rings is 1. The summed E-state index contributed by atoms with van der Waals surface area (Å²) in [6, 6.07) is 15.4. The minimum Gasteiger partial charge on any atom is -0.439 e. The van der Waals surface area contributed by atoms with Gasteiger partial charge < -0.3 is 4.42 Å². The summed E-state index contributed by atoms with van der Waals surface area (Å²) in [4.78, 5) is 6.48. The van der Waals surface area contributed by atoms with Gasteiger partial charge in [-0.2, -0.15) is 0 Å². The van der Waals surface area contributed by atoms with Crippen molar-refractivity contribution in [2.45, 2.75) is 13.1 Å². The summed E-state index contributed by atoms with van der Waals surface area (Å²) in [5.41, 5.74) is 2.12. The molecule has 0 N–H and O–H groups in total. The van der Waals surface area contributed by atoms with Gasteiger partial charge in [0.05, 0.1) is 12.7 Å². The van der Waals surface area contributed by atoms with Gasteiger partial charge in [-0.1, -0.05) is 47.5 Å². The lowest BCUT2D eigenvalue weighted by atomic mass is 10.2. The molecule has 3 rings (SSSR count). The normalized spacial score (nSPS) is 11.1. The molecule has 3 aromatic rings. The fourth-order valence-electron chi connectivity index (χ4n) is 2.35. The smallest absolute Gasteiger partial charge is 0.209 e. The molecule has 0 saturated carbocycles. The molecule has 0 aliphatic heterocycles. The third-order valence-corrected chi connectivity index (χ3v) is 3.92. The second-order valence-corrected chi connectivity index (χ2v) is 6.30. The summed E-state index contributed by atoms with van der Waals surface area (Å²) in [7, 11) is 2.03. The Bertz CT molecular complexity index is 784. The van der Waals surface area contributed by atoms with Crippen LogP contribution in [-0.4, -0.2) is 16.9 Å². The zero-order chi connectivity index (χ0) is 16.2. The standard InChI is InChI=1S/C18H16Cl2N2O/c1-22(11-13-5-7-15(19)8-6-13)12-18-21-10-17(23-18)14-3-2-4-16(20)9-14/h2-10H,11-12H2,1H3. The lowest BCUT2D eigenvalue weighted by Gasteiger charge is -2.14. The molecule has 5 heteroatoms. The maximum Gasteiger partial charge on any atom is 0.209 e. The molecule has 0 aliphatic carbocycles. The minimum atomic E-state index is 0.628. The molecule has 1 aromatic heterocycles. The molecule has 23 heavy (non-hydrogen) atoms. The zero-order valence-corrected chi connectivity index (χ0v) is 14.2. The second kappa shape index (κ2) is 7.18. The van der Waals surface area contributed by atoms with Gasteiger partial charge in [0.2, 0.25) is 5.89 Å². The van der Waals surface area contributed by atoms with Gasteiger partial charge in [0.25, 0.3) is 0 Å². The molecule has 0 bridgehead atoms. The summed E-state index contributed by atoms with van der Waals surface area (Å²) in [5, 5.41) is 1.43. The highest BCUT2D eigenvalue weighted by Gasteiger charge is 2.09. The number of halogens is 2. The summed E-state index contributed by atoms with van der Waals surface area (Å²) in [6.45, 7) is 1.43. The Morgan fingerprint density at radius 3 is 2.52 bits per heavy atom. The molecule has 118 valence electrons. The summed E-state index contributed by atoms with van der Waals surface area (Å²) >= 11 is 11.9. The van der Waals surface area contributed by atoms with E-state index in [1.807, 2.05) is 55.6 Å². The van der Waals surface area contributed by atoms with Crippen molar-refractivity contribution < 1.29 is 4.42 Å². The quantitative estimate of drug-likeness (QED) is 0.629. The number of nitrogens with zero attached hydrogens (tertiary/aromatic N) is 2. The first kappa shape index (κ1) is 16.1. The number of aromatic nitrogens is 1. The summed E-state index contributed by atoms with van der Waals surface area (Å²) < 4.78 is 5.82. The molecule has 0 fully saturated rings. The summed E-state index contributed by atoms with van der Waals surface area (Å²) in [5.74, 6) is 1.40. The van der Waals surface area contributed by atoms with Crippen LogP contribution in [0, 0.1) is 0 Å². The van der Waals surface area contributed by atoms with Gasteiger partial charge in [-0.05, 0) is 36.9 Å². The molecular weight excluding hydrogens is 331 g/mol. The van der Waals surface area contributed by atoms with Gasteiger partial charge >= 0.3 is 0 Å². The van der Waals surface area contributed by atoms with Crippen molar-refractivity contribution in [2.75, 3.05) is 7.05 Å². The van der Waals surface area contributed by atoms with Gasteiger partial charge in [-0.3, -0.25) is 4.90 Å². The highest BCUT2D eigenvalue weighted by molar-refractivity contribution is 6.31. The maximum absolute atomic E-state index is 6.01. The fraction of sp³-hybridized carbons (Fsp3) is 0.167. The first-order valence-corrected chi connectivity index (χ1v) is 7.99. The van der Waals surface area contributed by atoms with E-state index in [4.69, 9.17) is 27.6 Å². The van der Waals surface area contributed by atoms with Crippen LogP contribution in [0.2, 0.25) is 10.0 Å². The predicted octanol–water partition coefficient (Wildman–Crippen LogP) is 5.28. The Hall–Kier alpha value is -1.81. The highest BCUT2D eigenvalue weighted by atomic mass is 35.5. The first-order valence-electron chi connectivity index (χ1n) is 7.24.